The molecule has 1 amide bonds. The highest BCUT2D eigenvalue weighted by Crippen LogP contribution is 2.38. The Labute approximate surface area is 190 Å². The Morgan fingerprint density at radius 2 is 2.06 bits per heavy atom. The van der Waals surface area contributed by atoms with Crippen LogP contribution in [0.2, 0.25) is 0 Å². The molecule has 4 rings (SSSR count). The second kappa shape index (κ2) is 8.69. The van der Waals surface area contributed by atoms with Gasteiger partial charge >= 0.3 is 6.18 Å². The van der Waals surface area contributed by atoms with Crippen LogP contribution in [0.5, 0.6) is 0 Å². The zero-order valence-electron chi connectivity index (χ0n) is 17.3. The Hall–Kier alpha value is -3.09. The van der Waals surface area contributed by atoms with Crippen molar-refractivity contribution in [1.82, 2.24) is 20.3 Å². The summed E-state index contributed by atoms with van der Waals surface area (Å²) in [6, 6.07) is 6.08. The second-order valence-corrected chi connectivity index (χ2v) is 8.78. The molecule has 0 radical (unpaired) electrons. The van der Waals surface area contributed by atoms with Crippen molar-refractivity contribution in [3.63, 3.8) is 0 Å². The quantitative estimate of drug-likeness (QED) is 0.454. The van der Waals surface area contributed by atoms with Crippen LogP contribution in [0.4, 0.5) is 24.8 Å². The Bertz CT molecular complexity index is 1190. The smallest absolute Gasteiger partial charge is 0.389 e. The Morgan fingerprint density at radius 1 is 1.27 bits per heavy atom. The van der Waals surface area contributed by atoms with E-state index in [1.54, 1.807) is 18.3 Å². The lowest BCUT2D eigenvalue weighted by atomic mass is 9.92. The number of thiazole rings is 1. The minimum absolute atomic E-state index is 0.111. The summed E-state index contributed by atoms with van der Waals surface area (Å²) in [5, 5.41) is 27.1. The predicted octanol–water partition coefficient (Wildman–Crippen LogP) is 3.13. The van der Waals surface area contributed by atoms with Gasteiger partial charge < -0.3 is 20.8 Å². The molecule has 1 fully saturated rings. The summed E-state index contributed by atoms with van der Waals surface area (Å²) in [5.74, 6) is -0.541. The van der Waals surface area contributed by atoms with E-state index in [2.05, 4.69) is 25.6 Å². The third kappa shape index (κ3) is 4.97. The van der Waals surface area contributed by atoms with Gasteiger partial charge in [0, 0.05) is 31.0 Å². The number of benzene rings is 1. The number of alkyl halides is 3. The number of carbonyl (C=O) groups excluding carboxylic acids is 1. The van der Waals surface area contributed by atoms with Crippen LogP contribution >= 0.6 is 11.3 Å². The number of anilines is 2. The Balaban J connectivity index is 1.62. The topological polar surface area (TPSA) is 120 Å². The number of nitrogens with one attached hydrogen (secondary N) is 2. The molecule has 0 aliphatic carbocycles. The van der Waals surface area contributed by atoms with Gasteiger partial charge in [0.05, 0.1) is 17.4 Å². The van der Waals surface area contributed by atoms with Gasteiger partial charge in [-0.3, -0.25) is 4.79 Å². The van der Waals surface area contributed by atoms with Crippen LogP contribution in [-0.4, -0.2) is 43.7 Å². The van der Waals surface area contributed by atoms with Crippen LogP contribution in [-0.2, 0) is 16.6 Å². The largest absolute Gasteiger partial charge is 0.433 e. The highest BCUT2D eigenvalue weighted by molar-refractivity contribution is 7.15. The molecular formula is C21H20F3N5O3S. The molecule has 2 atom stereocenters. The normalized spacial score (nSPS) is 21.4. The summed E-state index contributed by atoms with van der Waals surface area (Å²) in [6.45, 7) is 2.03. The van der Waals surface area contributed by atoms with Crippen LogP contribution in [0.3, 0.4) is 0 Å². The third-order valence-corrected chi connectivity index (χ3v) is 6.41. The maximum absolute atomic E-state index is 12.9. The number of aliphatic hydroxyl groups excluding tert-OH is 1. The number of hydrogen-bond donors (Lipinski definition) is 4. The molecule has 0 unspecified atom stereocenters. The summed E-state index contributed by atoms with van der Waals surface area (Å²) in [6.07, 6.45) is -3.43. The first-order valence-corrected chi connectivity index (χ1v) is 10.8. The van der Waals surface area contributed by atoms with Crippen molar-refractivity contribution in [1.29, 1.82) is 0 Å². The van der Waals surface area contributed by atoms with Crippen LogP contribution in [0.15, 0.2) is 36.7 Å². The van der Waals surface area contributed by atoms with E-state index in [0.29, 0.717) is 16.1 Å². The third-order valence-electron chi connectivity index (χ3n) is 5.20. The van der Waals surface area contributed by atoms with Gasteiger partial charge in [0.2, 0.25) is 11.9 Å². The molecule has 1 aliphatic rings. The molecule has 3 aromatic rings. The van der Waals surface area contributed by atoms with Crippen LogP contribution in [0.25, 0.3) is 10.4 Å². The maximum atomic E-state index is 12.9. The first-order chi connectivity index (χ1) is 15.5. The fourth-order valence-electron chi connectivity index (χ4n) is 3.54. The monoisotopic (exact) mass is 479 g/mol. The van der Waals surface area contributed by atoms with Crippen molar-refractivity contribution in [2.24, 2.45) is 0 Å². The molecule has 4 N–H and O–H groups in total. The predicted molar refractivity (Wildman–Crippen MR) is 115 cm³/mol. The molecule has 0 saturated carbocycles. The number of aliphatic hydroxyl groups is 2. The lowest BCUT2D eigenvalue weighted by Crippen LogP contribution is -2.39. The minimum atomic E-state index is -4.58. The molecule has 33 heavy (non-hydrogen) atoms. The maximum Gasteiger partial charge on any atom is 0.433 e. The molecule has 8 nitrogen and oxygen atoms in total. The molecule has 0 bridgehead atoms. The molecule has 1 aromatic carbocycles. The van der Waals surface area contributed by atoms with Crippen LogP contribution < -0.4 is 10.6 Å². The van der Waals surface area contributed by atoms with Crippen molar-refractivity contribution in [3.05, 3.63) is 52.9 Å². The SMILES string of the molecule is Cc1cc(Nc2nccc(C(F)(F)F)n2)cc(-c2cnc([C@@]3(O)CCNC(=O)C[C@@H]3O)s2)c1. The van der Waals surface area contributed by atoms with Gasteiger partial charge in [-0.15, -0.1) is 11.3 Å². The number of aromatic nitrogens is 3. The van der Waals surface area contributed by atoms with Crippen molar-refractivity contribution in [2.45, 2.75) is 37.6 Å². The summed E-state index contributed by atoms with van der Waals surface area (Å²) in [4.78, 5) is 24.0. The molecule has 2 aromatic heterocycles. The molecule has 174 valence electrons. The number of halogens is 3. The number of amides is 1. The zero-order valence-corrected chi connectivity index (χ0v) is 18.2. The van der Waals surface area contributed by atoms with Crippen LogP contribution in [0.1, 0.15) is 29.1 Å². The van der Waals surface area contributed by atoms with Gasteiger partial charge in [-0.25, -0.2) is 15.0 Å². The van der Waals surface area contributed by atoms with E-state index in [0.717, 1.165) is 17.8 Å². The number of rotatable bonds is 4. The van der Waals surface area contributed by atoms with Gasteiger partial charge in [-0.2, -0.15) is 13.2 Å². The van der Waals surface area contributed by atoms with Crippen molar-refractivity contribution < 1.29 is 28.2 Å². The number of carbonyl (C=O) groups is 1. The molecular weight excluding hydrogens is 459 g/mol. The highest BCUT2D eigenvalue weighted by Gasteiger charge is 2.43. The lowest BCUT2D eigenvalue weighted by Gasteiger charge is -2.28. The van der Waals surface area contributed by atoms with E-state index < -0.39 is 23.6 Å². The minimum Gasteiger partial charge on any atom is -0.389 e. The van der Waals surface area contributed by atoms with E-state index in [-0.39, 0.29) is 36.2 Å². The van der Waals surface area contributed by atoms with E-state index in [4.69, 9.17) is 0 Å². The van der Waals surface area contributed by atoms with Gasteiger partial charge in [0.15, 0.2) is 0 Å². The highest BCUT2D eigenvalue weighted by atomic mass is 32.1. The van der Waals surface area contributed by atoms with Gasteiger partial charge in [0.25, 0.3) is 0 Å². The standard InChI is InChI=1S/C21H20F3N5O3S/c1-11-6-12(8-13(7-11)28-19-26-4-2-15(29-19)21(22,23)24)14-10-27-18(33-14)20(32)3-5-25-17(31)9-16(20)30/h2,4,6-8,10,16,30,32H,3,5,9H2,1H3,(H,25,31)(H,26,28,29)/t16-,20+/m0/s1. The van der Waals surface area contributed by atoms with Gasteiger partial charge in [0.1, 0.15) is 16.3 Å². The van der Waals surface area contributed by atoms with Crippen molar-refractivity contribution in [2.75, 3.05) is 11.9 Å². The zero-order chi connectivity index (χ0) is 23.8. The molecule has 12 heteroatoms. The fourth-order valence-corrected chi connectivity index (χ4v) is 4.61. The van der Waals surface area contributed by atoms with Crippen molar-refractivity contribution >= 4 is 28.9 Å². The van der Waals surface area contributed by atoms with E-state index >= 15 is 0 Å². The van der Waals surface area contributed by atoms with Crippen molar-refractivity contribution in [3.8, 4) is 10.4 Å². The van der Waals surface area contributed by atoms with Gasteiger partial charge in [-0.1, -0.05) is 6.07 Å². The molecule has 1 aliphatic heterocycles. The summed E-state index contributed by atoms with van der Waals surface area (Å²) in [7, 11) is 0. The Morgan fingerprint density at radius 3 is 2.82 bits per heavy atom. The number of hydrogen-bond acceptors (Lipinski definition) is 8. The summed E-state index contributed by atoms with van der Waals surface area (Å²) < 4.78 is 38.8. The molecule has 3 heterocycles. The van der Waals surface area contributed by atoms with E-state index in [1.807, 2.05) is 13.0 Å². The van der Waals surface area contributed by atoms with Gasteiger partial charge in [-0.05, 0) is 36.2 Å². The lowest BCUT2D eigenvalue weighted by molar-refractivity contribution is -0.141. The first-order valence-electron chi connectivity index (χ1n) is 9.97. The number of aryl methyl sites for hydroxylation is 1. The molecule has 1 saturated heterocycles. The Kier molecular flexibility index (Phi) is 6.08. The van der Waals surface area contributed by atoms with Crippen LogP contribution in [0, 0.1) is 6.92 Å². The van der Waals surface area contributed by atoms with E-state index in [1.165, 1.54) is 11.3 Å². The number of nitrogens with zero attached hydrogens (tertiary/aromatic N) is 3. The first kappa shape index (κ1) is 23.1. The second-order valence-electron chi connectivity index (χ2n) is 7.75. The summed E-state index contributed by atoms with van der Waals surface area (Å²) in [5.41, 5.74) is -0.724. The average molecular weight is 479 g/mol. The average Bonchev–Trinajstić information content (AvgIpc) is 3.19. The summed E-state index contributed by atoms with van der Waals surface area (Å²) >= 11 is 1.17. The van der Waals surface area contributed by atoms with E-state index in [9.17, 15) is 28.2 Å². The fraction of sp³-hybridized carbons (Fsp3) is 0.333. The molecule has 0 spiro atoms.